The standard InChI is InChI=1S/C14H16N4O/c15-13(19)11-4-2-8-18(9-11)14-12-10(5-7-17-14)3-1-6-16-12/h1,3,5-7,11H,2,4,8-9H2,(H2,15,19). The van der Waals surface area contributed by atoms with Crippen LogP contribution >= 0.6 is 0 Å². The monoisotopic (exact) mass is 256 g/mol. The third-order valence-electron chi connectivity index (χ3n) is 3.62. The Morgan fingerprint density at radius 3 is 3.05 bits per heavy atom. The fourth-order valence-electron chi connectivity index (χ4n) is 2.62. The van der Waals surface area contributed by atoms with Crippen LogP contribution in [0.15, 0.2) is 30.6 Å². The molecule has 0 aromatic carbocycles. The maximum absolute atomic E-state index is 11.4. The fourth-order valence-corrected chi connectivity index (χ4v) is 2.62. The van der Waals surface area contributed by atoms with Crippen LogP contribution in [0.2, 0.25) is 0 Å². The van der Waals surface area contributed by atoms with Crippen LogP contribution in [0.4, 0.5) is 5.82 Å². The zero-order chi connectivity index (χ0) is 13.2. The van der Waals surface area contributed by atoms with Crippen LogP contribution in [0, 0.1) is 5.92 Å². The van der Waals surface area contributed by atoms with Gasteiger partial charge in [-0.2, -0.15) is 0 Å². The normalized spacial score (nSPS) is 19.6. The summed E-state index contributed by atoms with van der Waals surface area (Å²) in [5.74, 6) is 0.538. The number of anilines is 1. The van der Waals surface area contributed by atoms with Gasteiger partial charge in [0.15, 0.2) is 5.82 Å². The quantitative estimate of drug-likeness (QED) is 0.880. The third kappa shape index (κ3) is 2.23. The first kappa shape index (κ1) is 11.9. The number of primary amides is 1. The van der Waals surface area contributed by atoms with E-state index in [-0.39, 0.29) is 11.8 Å². The lowest BCUT2D eigenvalue weighted by Crippen LogP contribution is -2.41. The molecule has 5 nitrogen and oxygen atoms in total. The van der Waals surface area contributed by atoms with Gasteiger partial charge in [-0.1, -0.05) is 6.07 Å². The highest BCUT2D eigenvalue weighted by molar-refractivity contribution is 5.88. The number of pyridine rings is 2. The van der Waals surface area contributed by atoms with E-state index in [0.29, 0.717) is 6.54 Å². The average molecular weight is 256 g/mol. The zero-order valence-electron chi connectivity index (χ0n) is 10.6. The molecule has 5 heteroatoms. The van der Waals surface area contributed by atoms with Gasteiger partial charge in [-0.05, 0) is 25.0 Å². The molecule has 2 aromatic rings. The number of carbonyl (C=O) groups excluding carboxylic acids is 1. The van der Waals surface area contributed by atoms with Gasteiger partial charge in [0, 0.05) is 30.9 Å². The predicted molar refractivity (Wildman–Crippen MR) is 73.7 cm³/mol. The second kappa shape index (κ2) is 4.84. The van der Waals surface area contributed by atoms with E-state index in [9.17, 15) is 4.79 Å². The lowest BCUT2D eigenvalue weighted by Gasteiger charge is -2.32. The summed E-state index contributed by atoms with van der Waals surface area (Å²) < 4.78 is 0. The molecule has 2 N–H and O–H groups in total. The van der Waals surface area contributed by atoms with Crippen molar-refractivity contribution in [3.8, 4) is 0 Å². The molecule has 2 aromatic heterocycles. The summed E-state index contributed by atoms with van der Waals surface area (Å²) in [4.78, 5) is 22.3. The van der Waals surface area contributed by atoms with Crippen LogP contribution in [-0.4, -0.2) is 29.0 Å². The zero-order valence-corrected chi connectivity index (χ0v) is 10.6. The molecule has 1 unspecified atom stereocenters. The lowest BCUT2D eigenvalue weighted by atomic mass is 9.97. The molecule has 3 rings (SSSR count). The van der Waals surface area contributed by atoms with Crippen molar-refractivity contribution < 1.29 is 4.79 Å². The number of aromatic nitrogens is 2. The molecular weight excluding hydrogens is 240 g/mol. The second-order valence-corrected chi connectivity index (χ2v) is 4.90. The molecule has 0 saturated carbocycles. The Kier molecular flexibility index (Phi) is 3.03. The minimum absolute atomic E-state index is 0.0884. The van der Waals surface area contributed by atoms with Crippen LogP contribution in [-0.2, 0) is 4.79 Å². The summed E-state index contributed by atoms with van der Waals surface area (Å²) >= 11 is 0. The Morgan fingerprint density at radius 2 is 2.21 bits per heavy atom. The molecule has 1 saturated heterocycles. The van der Waals surface area contributed by atoms with Gasteiger partial charge in [0.05, 0.1) is 5.92 Å². The summed E-state index contributed by atoms with van der Waals surface area (Å²) in [7, 11) is 0. The van der Waals surface area contributed by atoms with Crippen molar-refractivity contribution in [3.63, 3.8) is 0 Å². The van der Waals surface area contributed by atoms with Crippen molar-refractivity contribution in [2.75, 3.05) is 18.0 Å². The molecule has 1 fully saturated rings. The van der Waals surface area contributed by atoms with Gasteiger partial charge in [0.25, 0.3) is 0 Å². The lowest BCUT2D eigenvalue weighted by molar-refractivity contribution is -0.122. The molecule has 1 aliphatic heterocycles. The van der Waals surface area contributed by atoms with Crippen LogP contribution in [0.5, 0.6) is 0 Å². The molecule has 0 aliphatic carbocycles. The maximum atomic E-state index is 11.4. The molecule has 1 aliphatic rings. The van der Waals surface area contributed by atoms with E-state index in [4.69, 9.17) is 5.73 Å². The molecule has 0 bridgehead atoms. The van der Waals surface area contributed by atoms with Gasteiger partial charge in [-0.25, -0.2) is 4.98 Å². The molecular formula is C14H16N4O. The predicted octanol–water partition coefficient (Wildman–Crippen LogP) is 1.33. The van der Waals surface area contributed by atoms with Gasteiger partial charge in [0.2, 0.25) is 5.91 Å². The SMILES string of the molecule is NC(=O)C1CCCN(c2nccc3cccnc23)C1. The van der Waals surface area contributed by atoms with E-state index in [0.717, 1.165) is 36.1 Å². The van der Waals surface area contributed by atoms with Gasteiger partial charge in [-0.3, -0.25) is 9.78 Å². The number of carbonyl (C=O) groups is 1. The minimum Gasteiger partial charge on any atom is -0.369 e. The highest BCUT2D eigenvalue weighted by Gasteiger charge is 2.25. The Hall–Kier alpha value is -2.17. The number of rotatable bonds is 2. The van der Waals surface area contributed by atoms with Gasteiger partial charge < -0.3 is 10.6 Å². The van der Waals surface area contributed by atoms with Crippen LogP contribution < -0.4 is 10.6 Å². The number of fused-ring (bicyclic) bond motifs is 1. The summed E-state index contributed by atoms with van der Waals surface area (Å²) in [6, 6.07) is 5.87. The van der Waals surface area contributed by atoms with Crippen molar-refractivity contribution in [2.24, 2.45) is 11.7 Å². The van der Waals surface area contributed by atoms with Crippen LogP contribution in [0.1, 0.15) is 12.8 Å². The first-order valence-corrected chi connectivity index (χ1v) is 6.49. The van der Waals surface area contributed by atoms with E-state index in [1.807, 2.05) is 18.2 Å². The number of hydrogen-bond acceptors (Lipinski definition) is 4. The molecule has 98 valence electrons. The summed E-state index contributed by atoms with van der Waals surface area (Å²) in [6.45, 7) is 1.53. The largest absolute Gasteiger partial charge is 0.369 e. The molecule has 0 spiro atoms. The van der Waals surface area contributed by atoms with E-state index in [1.54, 1.807) is 12.4 Å². The number of nitrogens with zero attached hydrogens (tertiary/aromatic N) is 3. The number of piperidine rings is 1. The summed E-state index contributed by atoms with van der Waals surface area (Å²) in [6.07, 6.45) is 5.37. The van der Waals surface area contributed by atoms with Gasteiger partial charge in [-0.15, -0.1) is 0 Å². The Balaban J connectivity index is 1.97. The van der Waals surface area contributed by atoms with E-state index in [2.05, 4.69) is 14.9 Å². The van der Waals surface area contributed by atoms with Crippen molar-refractivity contribution in [3.05, 3.63) is 30.6 Å². The number of nitrogens with two attached hydrogens (primary N) is 1. The van der Waals surface area contributed by atoms with Gasteiger partial charge in [0.1, 0.15) is 5.52 Å². The molecule has 0 radical (unpaired) electrons. The van der Waals surface area contributed by atoms with Gasteiger partial charge >= 0.3 is 0 Å². The number of hydrogen-bond donors (Lipinski definition) is 1. The van der Waals surface area contributed by atoms with E-state index >= 15 is 0 Å². The fraction of sp³-hybridized carbons (Fsp3) is 0.357. The highest BCUT2D eigenvalue weighted by atomic mass is 16.1. The summed E-state index contributed by atoms with van der Waals surface area (Å²) in [5.41, 5.74) is 6.30. The summed E-state index contributed by atoms with van der Waals surface area (Å²) in [5, 5.41) is 1.06. The van der Waals surface area contributed by atoms with Crippen LogP contribution in [0.3, 0.4) is 0 Å². The second-order valence-electron chi connectivity index (χ2n) is 4.90. The number of amides is 1. The smallest absolute Gasteiger partial charge is 0.222 e. The maximum Gasteiger partial charge on any atom is 0.222 e. The minimum atomic E-state index is -0.224. The average Bonchev–Trinajstić information content (AvgIpc) is 2.47. The third-order valence-corrected chi connectivity index (χ3v) is 3.62. The molecule has 19 heavy (non-hydrogen) atoms. The Labute approximate surface area is 111 Å². The van der Waals surface area contributed by atoms with E-state index < -0.39 is 0 Å². The Bertz CT molecular complexity index is 608. The Morgan fingerprint density at radius 1 is 1.32 bits per heavy atom. The van der Waals surface area contributed by atoms with Crippen molar-refractivity contribution in [1.29, 1.82) is 0 Å². The van der Waals surface area contributed by atoms with Crippen molar-refractivity contribution in [2.45, 2.75) is 12.8 Å². The first-order valence-electron chi connectivity index (χ1n) is 6.49. The van der Waals surface area contributed by atoms with Crippen molar-refractivity contribution in [1.82, 2.24) is 9.97 Å². The molecule has 1 amide bonds. The molecule has 1 atom stereocenters. The first-order chi connectivity index (χ1) is 9.25. The van der Waals surface area contributed by atoms with E-state index in [1.165, 1.54) is 0 Å². The highest BCUT2D eigenvalue weighted by Crippen LogP contribution is 2.26. The van der Waals surface area contributed by atoms with Crippen molar-refractivity contribution >= 4 is 22.6 Å². The topological polar surface area (TPSA) is 72.1 Å². The van der Waals surface area contributed by atoms with Crippen LogP contribution in [0.25, 0.3) is 10.9 Å². The molecule has 3 heterocycles.